The number of rotatable bonds is 3. The second-order valence-electron chi connectivity index (χ2n) is 6.31. The molecule has 0 aliphatic heterocycles. The second-order valence-corrected chi connectivity index (χ2v) is 6.31. The van der Waals surface area contributed by atoms with Gasteiger partial charge in [-0.1, -0.05) is 19.3 Å². The summed E-state index contributed by atoms with van der Waals surface area (Å²) >= 11 is 0. The average Bonchev–Trinajstić information content (AvgIpc) is 3.06. The molecule has 2 aliphatic carbocycles. The van der Waals surface area contributed by atoms with Crippen molar-refractivity contribution in [1.82, 2.24) is 9.55 Å². The average molecular weight is 354 g/mol. The fraction of sp³-hybridized carbons (Fsp3) is 0.789. The Morgan fingerprint density at radius 1 is 1.04 bits per heavy atom. The number of aromatic nitrogens is 2. The highest BCUT2D eigenvalue weighted by Gasteiger charge is 2.23. The zero-order valence-corrected chi connectivity index (χ0v) is 16.0. The molecule has 144 valence electrons. The first-order valence-corrected chi connectivity index (χ1v) is 9.65. The topological polar surface area (TPSA) is 84.3 Å². The van der Waals surface area contributed by atoms with Crippen molar-refractivity contribution in [2.75, 3.05) is 19.8 Å². The summed E-state index contributed by atoms with van der Waals surface area (Å²) in [5.41, 5.74) is 1.53. The van der Waals surface area contributed by atoms with Crippen LogP contribution in [-0.2, 0) is 17.6 Å². The molecule has 0 bridgehead atoms. The van der Waals surface area contributed by atoms with Gasteiger partial charge in [0.05, 0.1) is 0 Å². The van der Waals surface area contributed by atoms with Crippen LogP contribution in [0.1, 0.15) is 76.6 Å². The highest BCUT2D eigenvalue weighted by Crippen LogP contribution is 2.26. The monoisotopic (exact) mass is 354 g/mol. The van der Waals surface area contributed by atoms with Crippen LogP contribution < -0.4 is 11.2 Å². The summed E-state index contributed by atoms with van der Waals surface area (Å²) < 4.78 is 6.32. The van der Waals surface area contributed by atoms with E-state index in [1.54, 1.807) is 6.92 Å². The molecule has 1 saturated carbocycles. The smallest absolute Gasteiger partial charge is 0.328 e. The first-order valence-electron chi connectivity index (χ1n) is 9.65. The van der Waals surface area contributed by atoms with Crippen LogP contribution in [0.5, 0.6) is 0 Å². The predicted molar refractivity (Wildman–Crippen MR) is 100 cm³/mol. The highest BCUT2D eigenvalue weighted by molar-refractivity contribution is 5.22. The molecule has 0 amide bonds. The van der Waals surface area contributed by atoms with E-state index in [9.17, 15) is 9.59 Å². The van der Waals surface area contributed by atoms with Gasteiger partial charge in [0.15, 0.2) is 0 Å². The van der Waals surface area contributed by atoms with Gasteiger partial charge in [0.2, 0.25) is 0 Å². The summed E-state index contributed by atoms with van der Waals surface area (Å²) in [4.78, 5) is 27.2. The van der Waals surface area contributed by atoms with Gasteiger partial charge in [0.25, 0.3) is 5.56 Å². The number of H-pyrrole nitrogens is 1. The summed E-state index contributed by atoms with van der Waals surface area (Å²) in [5, 5.41) is 7.57. The van der Waals surface area contributed by atoms with E-state index in [1.165, 1.54) is 11.0 Å². The molecule has 3 rings (SSSR count). The molecule has 0 saturated heterocycles. The molecular weight excluding hydrogens is 320 g/mol. The highest BCUT2D eigenvalue weighted by atomic mass is 16.5. The van der Waals surface area contributed by atoms with E-state index < -0.39 is 0 Å². The Kier molecular flexibility index (Phi) is 10.4. The lowest BCUT2D eigenvalue weighted by atomic mass is 9.95. The lowest BCUT2D eigenvalue weighted by molar-refractivity contribution is 0.162. The normalized spacial score (nSPS) is 16.3. The molecule has 1 aromatic heterocycles. The number of aliphatic hydroxyl groups excluding tert-OH is 1. The van der Waals surface area contributed by atoms with E-state index >= 15 is 0 Å². The van der Waals surface area contributed by atoms with Crippen molar-refractivity contribution >= 4 is 0 Å². The first kappa shape index (κ1) is 21.6. The maximum atomic E-state index is 12.3. The van der Waals surface area contributed by atoms with Gasteiger partial charge in [0, 0.05) is 37.1 Å². The van der Waals surface area contributed by atoms with Crippen LogP contribution in [0.15, 0.2) is 9.59 Å². The fourth-order valence-corrected chi connectivity index (χ4v) is 3.42. The lowest BCUT2D eigenvalue weighted by Crippen LogP contribution is -2.40. The molecule has 2 aliphatic rings. The Hall–Kier alpha value is -1.40. The molecule has 0 aromatic carbocycles. The Labute approximate surface area is 150 Å². The molecule has 0 atom stereocenters. The van der Waals surface area contributed by atoms with Crippen LogP contribution in [-0.4, -0.2) is 34.5 Å². The minimum Gasteiger partial charge on any atom is -0.397 e. The number of aromatic amines is 1. The number of hydrogen-bond donors (Lipinski definition) is 2. The van der Waals surface area contributed by atoms with Crippen molar-refractivity contribution in [3.63, 3.8) is 0 Å². The molecule has 0 spiro atoms. The molecule has 1 fully saturated rings. The molecule has 0 unspecified atom stereocenters. The first-order chi connectivity index (χ1) is 12.1. The van der Waals surface area contributed by atoms with E-state index in [4.69, 9.17) is 9.84 Å². The Morgan fingerprint density at radius 3 is 2.16 bits per heavy atom. The van der Waals surface area contributed by atoms with Gasteiger partial charge in [-0.25, -0.2) is 4.79 Å². The number of nitrogens with one attached hydrogen (secondary N) is 1. The van der Waals surface area contributed by atoms with E-state index in [1.807, 2.05) is 13.8 Å². The predicted octanol–water partition coefficient (Wildman–Crippen LogP) is 2.57. The van der Waals surface area contributed by atoms with Gasteiger partial charge in [-0.05, 0) is 52.9 Å². The summed E-state index contributed by atoms with van der Waals surface area (Å²) in [5.74, 6) is 0. The van der Waals surface area contributed by atoms with E-state index in [-0.39, 0.29) is 23.9 Å². The minimum absolute atomic E-state index is 0.0202. The zero-order chi connectivity index (χ0) is 18.7. The maximum Gasteiger partial charge on any atom is 0.328 e. The number of hydrogen-bond acceptors (Lipinski definition) is 4. The summed E-state index contributed by atoms with van der Waals surface area (Å²) in [7, 11) is 0. The summed E-state index contributed by atoms with van der Waals surface area (Å²) in [6, 6.07) is 0.130. The van der Waals surface area contributed by atoms with Gasteiger partial charge in [-0.2, -0.15) is 0 Å². The van der Waals surface area contributed by atoms with Crippen LogP contribution in [0.2, 0.25) is 0 Å². The van der Waals surface area contributed by atoms with E-state index in [0.29, 0.717) is 0 Å². The standard InChI is InChI=1S/C13H18N2O2.C4H10O.C2H6O/c16-12-10-7-4-8-11(10)14-13(17)15(12)9-5-2-1-3-6-9;1-3-5-4-2;1-2-3/h9H,1-8H2,(H,14,17);3-4H2,1-2H3;3H,2H2,1H3. The third kappa shape index (κ3) is 6.44. The van der Waals surface area contributed by atoms with E-state index in [0.717, 1.165) is 69.4 Å². The molecule has 25 heavy (non-hydrogen) atoms. The third-order valence-corrected chi connectivity index (χ3v) is 4.52. The van der Waals surface area contributed by atoms with Crippen LogP contribution in [0.4, 0.5) is 0 Å². The van der Waals surface area contributed by atoms with Gasteiger partial charge in [-0.3, -0.25) is 9.36 Å². The van der Waals surface area contributed by atoms with Crippen LogP contribution >= 0.6 is 0 Å². The lowest BCUT2D eigenvalue weighted by Gasteiger charge is -2.23. The molecule has 6 nitrogen and oxygen atoms in total. The minimum atomic E-state index is -0.192. The van der Waals surface area contributed by atoms with Crippen molar-refractivity contribution in [1.29, 1.82) is 0 Å². The third-order valence-electron chi connectivity index (χ3n) is 4.52. The Morgan fingerprint density at radius 2 is 1.64 bits per heavy atom. The van der Waals surface area contributed by atoms with Crippen molar-refractivity contribution in [3.05, 3.63) is 32.1 Å². The second kappa shape index (κ2) is 12.0. The van der Waals surface area contributed by atoms with Crippen molar-refractivity contribution < 1.29 is 9.84 Å². The molecular formula is C19H34N2O4. The SMILES string of the molecule is CCO.CCOCC.O=c1[nH]c2c(c(=O)n1C1CCCCC1)CCC2. The number of aliphatic hydroxyl groups is 1. The van der Waals surface area contributed by atoms with Crippen molar-refractivity contribution in [2.24, 2.45) is 0 Å². The Bertz CT molecular complexity index is 598. The number of fused-ring (bicyclic) bond motifs is 1. The summed E-state index contributed by atoms with van der Waals surface area (Å²) in [6.45, 7) is 7.60. The number of ether oxygens (including phenoxy) is 1. The largest absolute Gasteiger partial charge is 0.397 e. The summed E-state index contributed by atoms with van der Waals surface area (Å²) in [6.07, 6.45) is 8.12. The van der Waals surface area contributed by atoms with E-state index in [2.05, 4.69) is 4.98 Å². The zero-order valence-electron chi connectivity index (χ0n) is 16.0. The van der Waals surface area contributed by atoms with Crippen LogP contribution in [0, 0.1) is 0 Å². The van der Waals surface area contributed by atoms with Gasteiger partial charge < -0.3 is 14.8 Å². The van der Waals surface area contributed by atoms with Crippen molar-refractivity contribution in [3.8, 4) is 0 Å². The van der Waals surface area contributed by atoms with Gasteiger partial charge in [-0.15, -0.1) is 0 Å². The number of nitrogens with zero attached hydrogens (tertiary/aromatic N) is 1. The molecule has 2 N–H and O–H groups in total. The van der Waals surface area contributed by atoms with Gasteiger partial charge >= 0.3 is 5.69 Å². The fourth-order valence-electron chi connectivity index (χ4n) is 3.42. The molecule has 1 aromatic rings. The quantitative estimate of drug-likeness (QED) is 0.874. The maximum absolute atomic E-state index is 12.3. The number of aryl methyl sites for hydroxylation is 1. The Balaban J connectivity index is 0.000000333. The van der Waals surface area contributed by atoms with Crippen LogP contribution in [0.25, 0.3) is 0 Å². The van der Waals surface area contributed by atoms with Crippen molar-refractivity contribution in [2.45, 2.75) is 78.2 Å². The van der Waals surface area contributed by atoms with Crippen LogP contribution in [0.3, 0.4) is 0 Å². The molecule has 6 heteroatoms. The van der Waals surface area contributed by atoms with Gasteiger partial charge in [0.1, 0.15) is 0 Å². The molecule has 1 heterocycles. The molecule has 0 radical (unpaired) electrons.